The zero-order chi connectivity index (χ0) is 19.3. The maximum absolute atomic E-state index is 12.6. The van der Waals surface area contributed by atoms with E-state index in [4.69, 9.17) is 13.9 Å². The molecule has 1 aliphatic rings. The molecule has 2 aromatic heterocycles. The molecule has 1 atom stereocenters. The van der Waals surface area contributed by atoms with E-state index < -0.39 is 0 Å². The van der Waals surface area contributed by atoms with Crippen LogP contribution in [0.2, 0.25) is 0 Å². The highest BCUT2D eigenvalue weighted by atomic mass is 32.1. The number of benzene rings is 1. The second-order valence-electron chi connectivity index (χ2n) is 6.60. The number of nitrogens with zero attached hydrogens (tertiary/aromatic N) is 3. The molecule has 3 heterocycles. The number of carbonyl (C=O) groups excluding carboxylic acids is 1. The summed E-state index contributed by atoms with van der Waals surface area (Å²) >= 11 is 1.59. The van der Waals surface area contributed by atoms with Crippen LogP contribution >= 0.6 is 11.3 Å². The van der Waals surface area contributed by atoms with Gasteiger partial charge in [-0.25, -0.2) is 0 Å². The number of aromatic nitrogens is 2. The zero-order valence-electron chi connectivity index (χ0n) is 15.5. The van der Waals surface area contributed by atoms with Crippen molar-refractivity contribution in [2.24, 2.45) is 0 Å². The summed E-state index contributed by atoms with van der Waals surface area (Å²) in [6.45, 7) is 1.26. The molecule has 146 valence electrons. The average Bonchev–Trinajstić information content (AvgIpc) is 3.44. The van der Waals surface area contributed by atoms with Crippen molar-refractivity contribution in [2.45, 2.75) is 18.8 Å². The van der Waals surface area contributed by atoms with Crippen molar-refractivity contribution in [1.29, 1.82) is 0 Å². The summed E-state index contributed by atoms with van der Waals surface area (Å²) in [6, 6.07) is 9.18. The number of piperidine rings is 1. The summed E-state index contributed by atoms with van der Waals surface area (Å²) in [6.07, 6.45) is 1.82. The molecule has 1 unspecified atom stereocenters. The van der Waals surface area contributed by atoms with Gasteiger partial charge in [-0.2, -0.15) is 11.3 Å². The van der Waals surface area contributed by atoms with Crippen LogP contribution in [0.4, 0.5) is 0 Å². The number of hydrogen-bond donors (Lipinski definition) is 0. The number of amides is 1. The van der Waals surface area contributed by atoms with Crippen LogP contribution in [-0.2, 0) is 4.79 Å². The van der Waals surface area contributed by atoms with Crippen LogP contribution in [-0.4, -0.2) is 47.8 Å². The molecule has 8 heteroatoms. The first-order chi connectivity index (χ1) is 13.7. The number of ether oxygens (including phenoxy) is 2. The first kappa shape index (κ1) is 18.5. The number of likely N-dealkylation sites (tertiary alicyclic amines) is 1. The fourth-order valence-corrected chi connectivity index (χ4v) is 3.86. The average molecular weight is 399 g/mol. The van der Waals surface area contributed by atoms with E-state index in [1.807, 2.05) is 33.9 Å². The molecular weight excluding hydrogens is 378 g/mol. The first-order valence-corrected chi connectivity index (χ1v) is 10.1. The summed E-state index contributed by atoms with van der Waals surface area (Å²) < 4.78 is 16.7. The maximum atomic E-state index is 12.6. The topological polar surface area (TPSA) is 77.7 Å². The van der Waals surface area contributed by atoms with E-state index in [2.05, 4.69) is 10.2 Å². The van der Waals surface area contributed by atoms with E-state index in [1.165, 1.54) is 0 Å². The molecule has 0 spiro atoms. The van der Waals surface area contributed by atoms with Crippen LogP contribution in [0.5, 0.6) is 11.5 Å². The predicted molar refractivity (Wildman–Crippen MR) is 105 cm³/mol. The van der Waals surface area contributed by atoms with Gasteiger partial charge in [0.25, 0.3) is 5.91 Å². The Morgan fingerprint density at radius 3 is 3.04 bits per heavy atom. The first-order valence-electron chi connectivity index (χ1n) is 9.13. The van der Waals surface area contributed by atoms with Gasteiger partial charge in [-0.1, -0.05) is 6.07 Å². The van der Waals surface area contributed by atoms with Gasteiger partial charge < -0.3 is 18.8 Å². The Morgan fingerprint density at radius 2 is 2.21 bits per heavy atom. The van der Waals surface area contributed by atoms with Crippen LogP contribution < -0.4 is 9.47 Å². The third-order valence-electron chi connectivity index (χ3n) is 4.74. The monoisotopic (exact) mass is 399 g/mol. The molecule has 0 saturated carbocycles. The molecular formula is C20H21N3O4S. The van der Waals surface area contributed by atoms with E-state index >= 15 is 0 Å². The Labute approximate surface area is 166 Å². The second-order valence-corrected chi connectivity index (χ2v) is 7.38. The van der Waals surface area contributed by atoms with Gasteiger partial charge in [0, 0.05) is 30.1 Å². The molecule has 1 amide bonds. The largest absolute Gasteiger partial charge is 0.497 e. The summed E-state index contributed by atoms with van der Waals surface area (Å²) in [5.41, 5.74) is 0.930. The standard InChI is InChI=1S/C20H21N3O4S/c1-25-16-5-2-6-17(10-16)26-12-18(24)23-8-3-4-14(11-23)19-21-22-20(27-19)15-7-9-28-13-15/h2,5-7,9-10,13-14H,3-4,8,11-12H2,1H3. The summed E-state index contributed by atoms with van der Waals surface area (Å²) in [5, 5.41) is 12.3. The molecule has 1 aromatic carbocycles. The Kier molecular flexibility index (Phi) is 5.57. The lowest BCUT2D eigenvalue weighted by Gasteiger charge is -2.31. The molecule has 1 fully saturated rings. The van der Waals surface area contributed by atoms with Crippen LogP contribution in [0.15, 0.2) is 45.5 Å². The van der Waals surface area contributed by atoms with Gasteiger partial charge >= 0.3 is 0 Å². The molecule has 0 N–H and O–H groups in total. The fourth-order valence-electron chi connectivity index (χ4n) is 3.23. The Hall–Kier alpha value is -2.87. The minimum Gasteiger partial charge on any atom is -0.497 e. The van der Waals surface area contributed by atoms with Crippen molar-refractivity contribution < 1.29 is 18.7 Å². The Balaban J connectivity index is 1.36. The number of carbonyl (C=O) groups is 1. The zero-order valence-corrected chi connectivity index (χ0v) is 16.4. The summed E-state index contributed by atoms with van der Waals surface area (Å²) in [4.78, 5) is 14.4. The molecule has 0 bridgehead atoms. The lowest BCUT2D eigenvalue weighted by Crippen LogP contribution is -2.41. The molecule has 28 heavy (non-hydrogen) atoms. The van der Waals surface area contributed by atoms with Crippen molar-refractivity contribution in [1.82, 2.24) is 15.1 Å². The lowest BCUT2D eigenvalue weighted by atomic mass is 9.98. The molecule has 1 saturated heterocycles. The van der Waals surface area contributed by atoms with Gasteiger partial charge in [-0.15, -0.1) is 10.2 Å². The highest BCUT2D eigenvalue weighted by Gasteiger charge is 2.28. The molecule has 7 nitrogen and oxygen atoms in total. The molecule has 3 aromatic rings. The van der Waals surface area contributed by atoms with Crippen LogP contribution in [0.1, 0.15) is 24.7 Å². The van der Waals surface area contributed by atoms with E-state index in [0.29, 0.717) is 36.4 Å². The number of rotatable bonds is 6. The second kappa shape index (κ2) is 8.43. The van der Waals surface area contributed by atoms with Gasteiger partial charge in [-0.3, -0.25) is 4.79 Å². The highest BCUT2D eigenvalue weighted by molar-refractivity contribution is 7.08. The van der Waals surface area contributed by atoms with E-state index in [1.54, 1.807) is 30.6 Å². The minimum atomic E-state index is -0.0508. The molecule has 0 radical (unpaired) electrons. The van der Waals surface area contributed by atoms with Crippen LogP contribution in [0.3, 0.4) is 0 Å². The third-order valence-corrected chi connectivity index (χ3v) is 5.42. The van der Waals surface area contributed by atoms with Gasteiger partial charge in [0.1, 0.15) is 11.5 Å². The lowest BCUT2D eigenvalue weighted by molar-refractivity contribution is -0.134. The van der Waals surface area contributed by atoms with Crippen molar-refractivity contribution >= 4 is 17.2 Å². The van der Waals surface area contributed by atoms with Gasteiger partial charge in [0.15, 0.2) is 6.61 Å². The smallest absolute Gasteiger partial charge is 0.260 e. The van der Waals surface area contributed by atoms with Crippen molar-refractivity contribution in [2.75, 3.05) is 26.8 Å². The van der Waals surface area contributed by atoms with Gasteiger partial charge in [0.2, 0.25) is 11.8 Å². The predicted octanol–water partition coefficient (Wildman–Crippen LogP) is 3.59. The Morgan fingerprint density at radius 1 is 1.32 bits per heavy atom. The minimum absolute atomic E-state index is 0.0100. The normalized spacial score (nSPS) is 16.8. The quantitative estimate of drug-likeness (QED) is 0.630. The highest BCUT2D eigenvalue weighted by Crippen LogP contribution is 2.29. The van der Waals surface area contributed by atoms with Crippen molar-refractivity contribution in [3.05, 3.63) is 47.0 Å². The number of thiophene rings is 1. The fraction of sp³-hybridized carbons (Fsp3) is 0.350. The molecule has 0 aliphatic carbocycles. The van der Waals surface area contributed by atoms with Crippen molar-refractivity contribution in [3.8, 4) is 23.0 Å². The van der Waals surface area contributed by atoms with E-state index in [0.717, 1.165) is 18.4 Å². The van der Waals surface area contributed by atoms with Crippen molar-refractivity contribution in [3.63, 3.8) is 0 Å². The van der Waals surface area contributed by atoms with Gasteiger partial charge in [-0.05, 0) is 36.4 Å². The number of methoxy groups -OCH3 is 1. The SMILES string of the molecule is COc1cccc(OCC(=O)N2CCCC(c3nnc(-c4ccsc4)o3)C2)c1. The van der Waals surface area contributed by atoms with E-state index in [9.17, 15) is 4.79 Å². The maximum Gasteiger partial charge on any atom is 0.260 e. The Bertz CT molecular complexity index is 925. The molecule has 4 rings (SSSR count). The summed E-state index contributed by atoms with van der Waals surface area (Å²) in [5.74, 6) is 2.42. The summed E-state index contributed by atoms with van der Waals surface area (Å²) in [7, 11) is 1.60. The van der Waals surface area contributed by atoms with E-state index in [-0.39, 0.29) is 18.4 Å². The number of hydrogen-bond acceptors (Lipinski definition) is 7. The van der Waals surface area contributed by atoms with Crippen LogP contribution in [0.25, 0.3) is 11.5 Å². The third kappa shape index (κ3) is 4.17. The van der Waals surface area contributed by atoms with Crippen LogP contribution in [0, 0.1) is 0 Å². The van der Waals surface area contributed by atoms with Gasteiger partial charge in [0.05, 0.1) is 13.0 Å². The molecule has 1 aliphatic heterocycles.